The number of imidazole rings is 1. The predicted octanol–water partition coefficient (Wildman–Crippen LogP) is 4.61. The average Bonchev–Trinajstić information content (AvgIpc) is 3.51. The van der Waals surface area contributed by atoms with Crippen molar-refractivity contribution in [1.82, 2.24) is 14.5 Å². The first-order valence-electron chi connectivity index (χ1n) is 12.3. The van der Waals surface area contributed by atoms with Gasteiger partial charge in [-0.3, -0.25) is 4.79 Å². The average molecular weight is 532 g/mol. The second-order valence-corrected chi connectivity index (χ2v) is 11.6. The van der Waals surface area contributed by atoms with Crippen LogP contribution in [0.25, 0.3) is 0 Å². The van der Waals surface area contributed by atoms with E-state index in [1.54, 1.807) is 16.7 Å². The number of hydrogen-bond acceptors (Lipinski definition) is 5. The Morgan fingerprint density at radius 3 is 2.49 bits per heavy atom. The van der Waals surface area contributed by atoms with Gasteiger partial charge in [0.2, 0.25) is 15.0 Å². The molecule has 4 rings (SSSR count). The lowest BCUT2D eigenvalue weighted by molar-refractivity contribution is 0.0706. The lowest BCUT2D eigenvalue weighted by Crippen LogP contribution is -2.35. The summed E-state index contributed by atoms with van der Waals surface area (Å²) in [7, 11) is -4.03. The van der Waals surface area contributed by atoms with Gasteiger partial charge in [0.15, 0.2) is 0 Å². The van der Waals surface area contributed by atoms with Gasteiger partial charge in [-0.15, -0.1) is 0 Å². The quantitative estimate of drug-likeness (QED) is 0.382. The van der Waals surface area contributed by atoms with E-state index in [1.165, 1.54) is 47.5 Å². The van der Waals surface area contributed by atoms with Crippen molar-refractivity contribution >= 4 is 15.7 Å². The summed E-state index contributed by atoms with van der Waals surface area (Å²) in [5, 5.41) is -0.205. The highest BCUT2D eigenvalue weighted by atomic mass is 32.2. The molecule has 1 saturated heterocycles. The summed E-state index contributed by atoms with van der Waals surface area (Å²) in [6, 6.07) is 11.5. The van der Waals surface area contributed by atoms with E-state index in [0.29, 0.717) is 18.8 Å². The fraction of sp³-hybridized carbons (Fsp3) is 0.407. The third kappa shape index (κ3) is 6.42. The molecule has 1 aliphatic rings. The summed E-state index contributed by atoms with van der Waals surface area (Å²) >= 11 is 0. The van der Waals surface area contributed by atoms with Gasteiger partial charge >= 0.3 is 0 Å². The third-order valence-electron chi connectivity index (χ3n) is 6.22. The number of carbonyl (C=O) groups excluding carboxylic acids is 1. The van der Waals surface area contributed by atoms with Crippen molar-refractivity contribution in [3.8, 4) is 0 Å². The number of sulfone groups is 1. The van der Waals surface area contributed by atoms with Crippen LogP contribution in [-0.2, 0) is 33.4 Å². The standard InChI is InChI=1S/C27H31F2N3O4S/c1-19(2)15-31(26(33)23-10-4-6-12-25(23)29)16-21-14-30-27(32(21)17-22-9-7-13-36-22)37(34,35)18-20-8-3-5-11-24(20)28/h3-6,8,10-12,14,19,22H,7,9,13,15-18H2,1-2H3. The molecule has 1 aliphatic heterocycles. The first-order chi connectivity index (χ1) is 17.7. The molecule has 7 nitrogen and oxygen atoms in total. The summed E-state index contributed by atoms with van der Waals surface area (Å²) in [5.41, 5.74) is 0.473. The predicted molar refractivity (Wildman–Crippen MR) is 134 cm³/mol. The van der Waals surface area contributed by atoms with E-state index in [4.69, 9.17) is 4.74 Å². The number of carbonyl (C=O) groups is 1. The number of aromatic nitrogens is 2. The van der Waals surface area contributed by atoms with E-state index in [2.05, 4.69) is 4.98 Å². The van der Waals surface area contributed by atoms with Crippen molar-refractivity contribution in [2.45, 2.75) is 56.8 Å². The van der Waals surface area contributed by atoms with Crippen LogP contribution < -0.4 is 0 Å². The lowest BCUT2D eigenvalue weighted by Gasteiger charge is -2.26. The number of amides is 1. The number of halogens is 2. The second-order valence-electron chi connectivity index (χ2n) is 9.69. The van der Waals surface area contributed by atoms with Crippen molar-refractivity contribution in [3.05, 3.63) is 83.2 Å². The molecule has 0 saturated carbocycles. The number of ether oxygens (including phenoxy) is 1. The molecule has 198 valence electrons. The van der Waals surface area contributed by atoms with E-state index in [1.807, 2.05) is 13.8 Å². The molecule has 37 heavy (non-hydrogen) atoms. The lowest BCUT2D eigenvalue weighted by atomic mass is 10.1. The van der Waals surface area contributed by atoms with Gasteiger partial charge in [-0.25, -0.2) is 22.2 Å². The molecule has 1 unspecified atom stereocenters. The molecule has 2 heterocycles. The molecule has 1 amide bonds. The SMILES string of the molecule is CC(C)CN(Cc1cnc(S(=O)(=O)Cc2ccccc2F)n1CC1CCCO1)C(=O)c1ccccc1F. The van der Waals surface area contributed by atoms with E-state index in [9.17, 15) is 22.0 Å². The molecule has 3 aromatic rings. The van der Waals surface area contributed by atoms with E-state index >= 15 is 0 Å². The van der Waals surface area contributed by atoms with Gasteiger partial charge in [-0.1, -0.05) is 44.2 Å². The number of hydrogen-bond donors (Lipinski definition) is 0. The smallest absolute Gasteiger partial charge is 0.257 e. The topological polar surface area (TPSA) is 81.5 Å². The Balaban J connectivity index is 1.70. The molecule has 0 aliphatic carbocycles. The first kappa shape index (κ1) is 26.9. The zero-order valence-corrected chi connectivity index (χ0v) is 21.8. The molecule has 1 atom stereocenters. The van der Waals surface area contributed by atoms with Gasteiger partial charge in [-0.2, -0.15) is 0 Å². The van der Waals surface area contributed by atoms with Crippen molar-refractivity contribution in [3.63, 3.8) is 0 Å². The van der Waals surface area contributed by atoms with Crippen LogP contribution in [0.15, 0.2) is 59.9 Å². The van der Waals surface area contributed by atoms with Crippen LogP contribution in [0, 0.1) is 17.6 Å². The summed E-state index contributed by atoms with van der Waals surface area (Å²) in [6.45, 7) is 5.04. The molecule has 0 N–H and O–H groups in total. The Hall–Kier alpha value is -3.11. The maximum Gasteiger partial charge on any atom is 0.257 e. The summed E-state index contributed by atoms with van der Waals surface area (Å²) in [6.07, 6.45) is 2.83. The molecular formula is C27H31F2N3O4S. The molecule has 0 radical (unpaired) electrons. The van der Waals surface area contributed by atoms with Gasteiger partial charge in [0.05, 0.1) is 42.4 Å². The van der Waals surface area contributed by atoms with Crippen LogP contribution in [-0.4, -0.2) is 48.0 Å². The van der Waals surface area contributed by atoms with Crippen molar-refractivity contribution in [2.24, 2.45) is 5.92 Å². The number of rotatable bonds is 10. The largest absolute Gasteiger partial charge is 0.376 e. The third-order valence-corrected chi connectivity index (χ3v) is 7.80. The van der Waals surface area contributed by atoms with Crippen LogP contribution in [0.4, 0.5) is 8.78 Å². The maximum absolute atomic E-state index is 14.4. The van der Waals surface area contributed by atoms with Crippen molar-refractivity contribution < 1.29 is 26.7 Å². The van der Waals surface area contributed by atoms with Gasteiger partial charge in [0.1, 0.15) is 11.6 Å². The van der Waals surface area contributed by atoms with Crippen LogP contribution in [0.5, 0.6) is 0 Å². The molecule has 2 aromatic carbocycles. The molecule has 1 aromatic heterocycles. The molecule has 1 fully saturated rings. The van der Waals surface area contributed by atoms with Gasteiger partial charge < -0.3 is 14.2 Å². The molecule has 0 spiro atoms. The van der Waals surface area contributed by atoms with Crippen molar-refractivity contribution in [1.29, 1.82) is 0 Å². The maximum atomic E-state index is 14.4. The Bertz CT molecular complexity index is 1350. The fourth-order valence-corrected chi connectivity index (χ4v) is 6.01. The zero-order valence-electron chi connectivity index (χ0n) is 20.9. The van der Waals surface area contributed by atoms with Crippen LogP contribution in [0.2, 0.25) is 0 Å². The highest BCUT2D eigenvalue weighted by Gasteiger charge is 2.29. The number of nitrogens with zero attached hydrogens (tertiary/aromatic N) is 3. The van der Waals surface area contributed by atoms with Crippen LogP contribution in [0.1, 0.15) is 48.3 Å². The Kier molecular flexibility index (Phi) is 8.39. The minimum absolute atomic E-state index is 0.0281. The Morgan fingerprint density at radius 1 is 1.14 bits per heavy atom. The second kappa shape index (κ2) is 11.5. The van der Waals surface area contributed by atoms with Gasteiger partial charge in [-0.05, 0) is 37.0 Å². The van der Waals surface area contributed by atoms with Crippen LogP contribution >= 0.6 is 0 Å². The zero-order chi connectivity index (χ0) is 26.6. The Morgan fingerprint density at radius 2 is 1.84 bits per heavy atom. The van der Waals surface area contributed by atoms with Gasteiger partial charge in [0.25, 0.3) is 5.91 Å². The molecule has 0 bridgehead atoms. The fourth-order valence-electron chi connectivity index (χ4n) is 4.50. The summed E-state index contributed by atoms with van der Waals surface area (Å²) < 4.78 is 62.8. The minimum Gasteiger partial charge on any atom is -0.376 e. The van der Waals surface area contributed by atoms with Crippen LogP contribution in [0.3, 0.4) is 0 Å². The highest BCUT2D eigenvalue weighted by molar-refractivity contribution is 7.90. The first-order valence-corrected chi connectivity index (χ1v) is 14.0. The van der Waals surface area contributed by atoms with Crippen molar-refractivity contribution in [2.75, 3.05) is 13.2 Å². The summed E-state index contributed by atoms with van der Waals surface area (Å²) in [5.74, 6) is -2.20. The van der Waals surface area contributed by atoms with E-state index in [0.717, 1.165) is 12.8 Å². The normalized spacial score (nSPS) is 15.9. The Labute approximate surface area is 216 Å². The molecule has 10 heteroatoms. The monoisotopic (exact) mass is 531 g/mol. The molecular weight excluding hydrogens is 500 g/mol. The van der Waals surface area contributed by atoms with Gasteiger partial charge in [0, 0.05) is 18.7 Å². The minimum atomic E-state index is -4.03. The summed E-state index contributed by atoms with van der Waals surface area (Å²) in [4.78, 5) is 19.0. The highest BCUT2D eigenvalue weighted by Crippen LogP contribution is 2.24. The van der Waals surface area contributed by atoms with E-state index in [-0.39, 0.29) is 41.4 Å². The number of benzene rings is 2. The van der Waals surface area contributed by atoms with E-state index < -0.39 is 33.1 Å².